The second-order valence-electron chi connectivity index (χ2n) is 8.03. The number of nitrogens with zero attached hydrogens (tertiary/aromatic N) is 4. The molecule has 7 nitrogen and oxygen atoms in total. The number of benzene rings is 2. The topological polar surface area (TPSA) is 85.8 Å². The van der Waals surface area contributed by atoms with Gasteiger partial charge in [0.1, 0.15) is 23.7 Å². The lowest BCUT2D eigenvalue weighted by atomic mass is 10.0. The van der Waals surface area contributed by atoms with Crippen LogP contribution < -0.4 is 10.5 Å². The summed E-state index contributed by atoms with van der Waals surface area (Å²) in [6.45, 7) is -0.131. The fourth-order valence-corrected chi connectivity index (χ4v) is 4.30. The molecule has 4 aromatic rings. The number of rotatable bonds is 3. The summed E-state index contributed by atoms with van der Waals surface area (Å²) in [5.41, 5.74) is 6.61. The molecule has 2 aromatic carbocycles. The molecule has 2 N–H and O–H groups in total. The number of amides is 1. The summed E-state index contributed by atoms with van der Waals surface area (Å²) in [4.78, 5) is 23.0. The van der Waals surface area contributed by atoms with Crippen molar-refractivity contribution in [3.05, 3.63) is 64.6 Å². The van der Waals surface area contributed by atoms with Crippen LogP contribution in [0.3, 0.4) is 0 Å². The second kappa shape index (κ2) is 7.67. The molecule has 1 aliphatic heterocycles. The van der Waals surface area contributed by atoms with Crippen molar-refractivity contribution in [1.29, 1.82) is 0 Å². The summed E-state index contributed by atoms with van der Waals surface area (Å²) in [5, 5.41) is 0.0972. The maximum atomic E-state index is 13.7. The van der Waals surface area contributed by atoms with Crippen LogP contribution in [0.2, 0.25) is 5.02 Å². The van der Waals surface area contributed by atoms with Crippen LogP contribution in [-0.4, -0.2) is 45.0 Å². The first-order valence-corrected chi connectivity index (χ1v) is 10.5. The Morgan fingerprint density at radius 1 is 1.20 bits per heavy atom. The summed E-state index contributed by atoms with van der Waals surface area (Å²) in [7, 11) is 1.46. The third-order valence-corrected chi connectivity index (χ3v) is 6.28. The lowest BCUT2D eigenvalue weighted by Crippen LogP contribution is -2.33. The van der Waals surface area contributed by atoms with Gasteiger partial charge in [-0.3, -0.25) is 9.20 Å². The summed E-state index contributed by atoms with van der Waals surface area (Å²) in [6, 6.07) is 4.71. The molecule has 0 radical (unpaired) electrons. The molecule has 0 saturated carbocycles. The minimum atomic E-state index is -5.75. The van der Waals surface area contributed by atoms with Crippen molar-refractivity contribution in [3.63, 3.8) is 0 Å². The van der Waals surface area contributed by atoms with Gasteiger partial charge in [0.25, 0.3) is 5.91 Å². The number of hydrogen-bond donors (Lipinski definition) is 1. The van der Waals surface area contributed by atoms with E-state index in [-0.39, 0.29) is 28.8 Å². The van der Waals surface area contributed by atoms with Crippen molar-refractivity contribution in [2.24, 2.45) is 0 Å². The normalized spacial score (nSPS) is 15.9. The van der Waals surface area contributed by atoms with Crippen molar-refractivity contribution in [2.45, 2.75) is 18.1 Å². The molecule has 0 aliphatic carbocycles. The maximum Gasteiger partial charge on any atom is 0.458 e. The van der Waals surface area contributed by atoms with Gasteiger partial charge in [0.05, 0.1) is 40.2 Å². The van der Waals surface area contributed by atoms with Crippen molar-refractivity contribution in [2.75, 3.05) is 19.4 Å². The summed E-state index contributed by atoms with van der Waals surface area (Å²) in [5.74, 6) is -5.48. The third-order valence-electron chi connectivity index (χ3n) is 5.97. The summed E-state index contributed by atoms with van der Waals surface area (Å²) >= 11 is 6.37. The van der Waals surface area contributed by atoms with Crippen molar-refractivity contribution in [1.82, 2.24) is 19.3 Å². The average molecular weight is 512 g/mol. The minimum Gasteiger partial charge on any atom is -0.491 e. The zero-order chi connectivity index (χ0) is 25.3. The van der Waals surface area contributed by atoms with E-state index >= 15 is 0 Å². The van der Waals surface area contributed by atoms with Gasteiger partial charge >= 0.3 is 12.1 Å². The number of hydrogen-bond acceptors (Lipinski definition) is 5. The van der Waals surface area contributed by atoms with Gasteiger partial charge in [-0.1, -0.05) is 23.7 Å². The zero-order valence-electron chi connectivity index (χ0n) is 17.8. The zero-order valence-corrected chi connectivity index (χ0v) is 18.5. The molecule has 5 rings (SSSR count). The van der Waals surface area contributed by atoms with E-state index in [2.05, 4.69) is 9.97 Å². The number of nitrogens with two attached hydrogens (primary N) is 1. The first-order valence-electron chi connectivity index (χ1n) is 10.1. The molecular weight excluding hydrogens is 497 g/mol. The standard InChI is InChI=1S/C22H15ClF5N5O2/c1-32(17-8-35-18-4-10(2-3-11(17)18)21(24,25)22(26,27)28)20(34)12-5-15-14(6-13(12)23)31-19(29)16-7-30-9-33(15)16/h2-7,9,17H,8H2,1H3,(H2,29,31)/t17-/m1/s1. The van der Waals surface area contributed by atoms with E-state index in [1.54, 1.807) is 4.40 Å². The highest BCUT2D eigenvalue weighted by Crippen LogP contribution is 2.47. The highest BCUT2D eigenvalue weighted by Gasteiger charge is 2.59. The lowest BCUT2D eigenvalue weighted by molar-refractivity contribution is -0.289. The van der Waals surface area contributed by atoms with Gasteiger partial charge in [0.2, 0.25) is 0 Å². The fourth-order valence-electron chi connectivity index (χ4n) is 4.07. The van der Waals surface area contributed by atoms with E-state index in [1.807, 2.05) is 0 Å². The lowest BCUT2D eigenvalue weighted by Gasteiger charge is -2.25. The van der Waals surface area contributed by atoms with Crippen molar-refractivity contribution in [3.8, 4) is 5.75 Å². The van der Waals surface area contributed by atoms with Crippen molar-refractivity contribution < 1.29 is 31.5 Å². The van der Waals surface area contributed by atoms with Gasteiger partial charge < -0.3 is 15.4 Å². The largest absolute Gasteiger partial charge is 0.491 e. The predicted molar refractivity (Wildman–Crippen MR) is 117 cm³/mol. The molecule has 182 valence electrons. The summed E-state index contributed by atoms with van der Waals surface area (Å²) in [6.07, 6.45) is -2.72. The monoisotopic (exact) mass is 511 g/mol. The molecule has 0 unspecified atom stereocenters. The van der Waals surface area contributed by atoms with Crippen LogP contribution in [0.5, 0.6) is 5.75 Å². The number of likely N-dealkylation sites (N-methyl/N-ethyl adjacent to an activating group) is 1. The number of anilines is 1. The fraction of sp³-hybridized carbons (Fsp3) is 0.227. The first kappa shape index (κ1) is 23.1. The molecule has 35 heavy (non-hydrogen) atoms. The molecule has 0 bridgehead atoms. The van der Waals surface area contributed by atoms with E-state index in [9.17, 15) is 26.7 Å². The van der Waals surface area contributed by atoms with E-state index < -0.39 is 29.6 Å². The molecule has 1 atom stereocenters. The van der Waals surface area contributed by atoms with Crippen molar-refractivity contribution >= 4 is 39.9 Å². The molecule has 13 heteroatoms. The maximum absolute atomic E-state index is 13.7. The molecular formula is C22H15ClF5N5O2. The number of alkyl halides is 5. The highest BCUT2D eigenvalue weighted by atomic mass is 35.5. The number of nitrogen functional groups attached to an aromatic ring is 1. The Balaban J connectivity index is 1.50. The molecule has 0 fully saturated rings. The van der Waals surface area contributed by atoms with Gasteiger partial charge in [-0.15, -0.1) is 0 Å². The first-order chi connectivity index (χ1) is 16.4. The highest BCUT2D eigenvalue weighted by molar-refractivity contribution is 6.34. The van der Waals surface area contributed by atoms with Gasteiger partial charge in [-0.25, -0.2) is 9.97 Å². The number of ether oxygens (including phenoxy) is 1. The second-order valence-corrected chi connectivity index (χ2v) is 8.44. The predicted octanol–water partition coefficient (Wildman–Crippen LogP) is 4.98. The van der Waals surface area contributed by atoms with Crippen LogP contribution in [0.4, 0.5) is 27.8 Å². The Morgan fingerprint density at radius 3 is 2.66 bits per heavy atom. The average Bonchev–Trinajstić information content (AvgIpc) is 3.44. The smallest absolute Gasteiger partial charge is 0.458 e. The van der Waals surface area contributed by atoms with Crippen LogP contribution in [0, 0.1) is 0 Å². The number of carbonyl (C=O) groups is 1. The Hall–Kier alpha value is -3.67. The van der Waals surface area contributed by atoms with Gasteiger partial charge in [-0.05, 0) is 18.2 Å². The third kappa shape index (κ3) is 3.51. The Kier molecular flexibility index (Phi) is 5.06. The van der Waals surface area contributed by atoms with E-state index in [0.717, 1.165) is 6.07 Å². The number of carbonyl (C=O) groups excluding carboxylic acids is 1. The number of fused-ring (bicyclic) bond motifs is 4. The molecule has 0 spiro atoms. The number of halogens is 6. The van der Waals surface area contributed by atoms with Gasteiger partial charge in [0, 0.05) is 18.2 Å². The van der Waals surface area contributed by atoms with Crippen LogP contribution in [0.15, 0.2) is 42.9 Å². The van der Waals surface area contributed by atoms with E-state index in [4.69, 9.17) is 22.1 Å². The number of aromatic nitrogens is 3. The molecule has 1 amide bonds. The van der Waals surface area contributed by atoms with Crippen LogP contribution in [0.1, 0.15) is 27.5 Å². The number of imidazole rings is 1. The Bertz CT molecular complexity index is 1500. The van der Waals surface area contributed by atoms with Crippen LogP contribution >= 0.6 is 11.6 Å². The van der Waals surface area contributed by atoms with Gasteiger partial charge in [0.15, 0.2) is 0 Å². The Morgan fingerprint density at radius 2 is 1.94 bits per heavy atom. The van der Waals surface area contributed by atoms with E-state index in [1.165, 1.54) is 36.6 Å². The van der Waals surface area contributed by atoms with Crippen LogP contribution in [-0.2, 0) is 5.92 Å². The molecule has 2 aromatic heterocycles. The minimum absolute atomic E-state index is 0.0972. The van der Waals surface area contributed by atoms with Gasteiger partial charge in [-0.2, -0.15) is 22.0 Å². The SMILES string of the molecule is CN(C(=O)c1cc2c(cc1Cl)nc(N)c1cncn12)[C@@H]1COc2cc(C(F)(F)C(F)(F)F)ccc21. The Labute approximate surface area is 198 Å². The quantitative estimate of drug-likeness (QED) is 0.392. The van der Waals surface area contributed by atoms with E-state index in [0.29, 0.717) is 34.2 Å². The van der Waals surface area contributed by atoms with Crippen LogP contribution in [0.25, 0.3) is 16.6 Å². The molecule has 3 heterocycles. The molecule has 0 saturated heterocycles. The summed E-state index contributed by atoms with van der Waals surface area (Å²) < 4.78 is 72.7. The molecule has 1 aliphatic rings.